The lowest BCUT2D eigenvalue weighted by Gasteiger charge is -2.28. The number of aliphatic hydroxyl groups excluding tert-OH is 1. The third-order valence-corrected chi connectivity index (χ3v) is 3.43. The van der Waals surface area contributed by atoms with Gasteiger partial charge in [-0.1, -0.05) is 6.07 Å². The van der Waals surface area contributed by atoms with Crippen molar-refractivity contribution in [1.82, 2.24) is 0 Å². The molecule has 0 saturated carbocycles. The Hall–Kier alpha value is -1.06. The van der Waals surface area contributed by atoms with Crippen LogP contribution >= 0.6 is 0 Å². The van der Waals surface area contributed by atoms with E-state index < -0.39 is 5.54 Å². The SMILES string of the molecule is COc1ccc(C(C)(N)CCCO)c(C)c1C. The van der Waals surface area contributed by atoms with Gasteiger partial charge >= 0.3 is 0 Å². The molecule has 3 nitrogen and oxygen atoms in total. The van der Waals surface area contributed by atoms with Crippen LogP contribution in [-0.4, -0.2) is 18.8 Å². The van der Waals surface area contributed by atoms with Crippen LogP contribution in [0.25, 0.3) is 0 Å². The van der Waals surface area contributed by atoms with Gasteiger partial charge in [0.2, 0.25) is 0 Å². The lowest BCUT2D eigenvalue weighted by molar-refractivity contribution is 0.265. The highest BCUT2D eigenvalue weighted by Gasteiger charge is 2.23. The fraction of sp³-hybridized carbons (Fsp3) is 0.571. The second-order valence-electron chi connectivity index (χ2n) is 4.81. The van der Waals surface area contributed by atoms with E-state index in [0.29, 0.717) is 0 Å². The Morgan fingerprint density at radius 3 is 2.47 bits per heavy atom. The van der Waals surface area contributed by atoms with Crippen molar-refractivity contribution in [3.63, 3.8) is 0 Å². The second-order valence-corrected chi connectivity index (χ2v) is 4.81. The summed E-state index contributed by atoms with van der Waals surface area (Å²) in [5.74, 6) is 0.893. The van der Waals surface area contributed by atoms with E-state index in [9.17, 15) is 0 Å². The molecule has 0 saturated heterocycles. The average Bonchev–Trinajstić information content (AvgIpc) is 2.29. The zero-order chi connectivity index (χ0) is 13.1. The van der Waals surface area contributed by atoms with Gasteiger partial charge in [-0.05, 0) is 56.4 Å². The number of benzene rings is 1. The smallest absolute Gasteiger partial charge is 0.122 e. The van der Waals surface area contributed by atoms with E-state index in [4.69, 9.17) is 15.6 Å². The minimum absolute atomic E-state index is 0.182. The molecule has 1 aromatic rings. The third-order valence-electron chi connectivity index (χ3n) is 3.43. The predicted octanol–water partition coefficient (Wildman–Crippen LogP) is 2.26. The fourth-order valence-electron chi connectivity index (χ4n) is 2.22. The highest BCUT2D eigenvalue weighted by Crippen LogP contribution is 2.31. The maximum atomic E-state index is 8.91. The Morgan fingerprint density at radius 1 is 1.29 bits per heavy atom. The van der Waals surface area contributed by atoms with Gasteiger partial charge < -0.3 is 15.6 Å². The van der Waals surface area contributed by atoms with Crippen LogP contribution in [0, 0.1) is 13.8 Å². The summed E-state index contributed by atoms with van der Waals surface area (Å²) in [7, 11) is 1.68. The lowest BCUT2D eigenvalue weighted by atomic mass is 9.84. The maximum Gasteiger partial charge on any atom is 0.122 e. The monoisotopic (exact) mass is 237 g/mol. The topological polar surface area (TPSA) is 55.5 Å². The minimum atomic E-state index is -0.399. The highest BCUT2D eigenvalue weighted by atomic mass is 16.5. The van der Waals surface area contributed by atoms with Gasteiger partial charge in [0.1, 0.15) is 5.75 Å². The van der Waals surface area contributed by atoms with Gasteiger partial charge in [0, 0.05) is 12.1 Å². The van der Waals surface area contributed by atoms with Gasteiger partial charge in [0.25, 0.3) is 0 Å². The molecular weight excluding hydrogens is 214 g/mol. The Morgan fingerprint density at radius 2 is 1.94 bits per heavy atom. The molecule has 0 bridgehead atoms. The van der Waals surface area contributed by atoms with Crippen LogP contribution in [0.1, 0.15) is 36.5 Å². The summed E-state index contributed by atoms with van der Waals surface area (Å²) in [6, 6.07) is 3.99. The molecule has 0 aromatic heterocycles. The van der Waals surface area contributed by atoms with Crippen LogP contribution in [0.5, 0.6) is 5.75 Å². The number of nitrogens with two attached hydrogens (primary N) is 1. The van der Waals surface area contributed by atoms with Crippen molar-refractivity contribution < 1.29 is 9.84 Å². The van der Waals surface area contributed by atoms with Gasteiger partial charge in [-0.25, -0.2) is 0 Å². The molecule has 0 heterocycles. The first-order chi connectivity index (χ1) is 7.94. The number of hydrogen-bond donors (Lipinski definition) is 2. The summed E-state index contributed by atoms with van der Waals surface area (Å²) in [6.45, 7) is 6.30. The summed E-state index contributed by atoms with van der Waals surface area (Å²) in [5, 5.41) is 8.91. The van der Waals surface area contributed by atoms with E-state index in [1.165, 1.54) is 5.56 Å². The molecule has 0 amide bonds. The Bertz CT molecular complexity index is 386. The van der Waals surface area contributed by atoms with Crippen molar-refractivity contribution in [3.05, 3.63) is 28.8 Å². The van der Waals surface area contributed by atoms with Crippen molar-refractivity contribution >= 4 is 0 Å². The predicted molar refractivity (Wildman–Crippen MR) is 70.3 cm³/mol. The summed E-state index contributed by atoms with van der Waals surface area (Å²) in [6.07, 6.45) is 1.49. The van der Waals surface area contributed by atoms with E-state index in [2.05, 4.69) is 6.92 Å². The molecule has 1 atom stereocenters. The van der Waals surface area contributed by atoms with Crippen LogP contribution in [0.2, 0.25) is 0 Å². The van der Waals surface area contributed by atoms with Crippen LogP contribution in [-0.2, 0) is 5.54 Å². The van der Waals surface area contributed by atoms with Crippen molar-refractivity contribution in [3.8, 4) is 5.75 Å². The summed E-state index contributed by atoms with van der Waals surface area (Å²) in [5.41, 5.74) is 9.37. The molecule has 0 spiro atoms. The van der Waals surface area contributed by atoms with Crippen molar-refractivity contribution in [1.29, 1.82) is 0 Å². The van der Waals surface area contributed by atoms with Crippen LogP contribution in [0.4, 0.5) is 0 Å². The molecule has 96 valence electrons. The zero-order valence-electron chi connectivity index (χ0n) is 11.2. The van der Waals surface area contributed by atoms with Crippen molar-refractivity contribution in [2.45, 2.75) is 39.2 Å². The fourth-order valence-corrected chi connectivity index (χ4v) is 2.22. The van der Waals surface area contributed by atoms with Crippen molar-refractivity contribution in [2.75, 3.05) is 13.7 Å². The summed E-state index contributed by atoms with van der Waals surface area (Å²) >= 11 is 0. The largest absolute Gasteiger partial charge is 0.496 e. The highest BCUT2D eigenvalue weighted by molar-refractivity contribution is 5.46. The van der Waals surface area contributed by atoms with E-state index in [1.54, 1.807) is 7.11 Å². The van der Waals surface area contributed by atoms with E-state index in [0.717, 1.165) is 29.7 Å². The van der Waals surface area contributed by atoms with E-state index in [-0.39, 0.29) is 6.61 Å². The molecule has 1 aromatic carbocycles. The van der Waals surface area contributed by atoms with Crippen LogP contribution in [0.15, 0.2) is 12.1 Å². The molecule has 0 aliphatic heterocycles. The molecule has 0 radical (unpaired) electrons. The van der Waals surface area contributed by atoms with Gasteiger partial charge in [-0.3, -0.25) is 0 Å². The molecule has 3 heteroatoms. The summed E-state index contributed by atoms with van der Waals surface area (Å²) in [4.78, 5) is 0. The quantitative estimate of drug-likeness (QED) is 0.826. The normalized spacial score (nSPS) is 14.5. The first-order valence-electron chi connectivity index (χ1n) is 5.98. The Kier molecular flexibility index (Phi) is 4.54. The zero-order valence-corrected chi connectivity index (χ0v) is 11.2. The Labute approximate surface area is 104 Å². The van der Waals surface area contributed by atoms with Crippen LogP contribution < -0.4 is 10.5 Å². The molecule has 17 heavy (non-hydrogen) atoms. The molecule has 3 N–H and O–H groups in total. The lowest BCUT2D eigenvalue weighted by Crippen LogP contribution is -2.34. The standard InChI is InChI=1S/C14H23NO2/c1-10-11(2)13(17-4)7-6-12(10)14(3,15)8-5-9-16/h6-7,16H,5,8-9,15H2,1-4H3. The number of rotatable bonds is 5. The van der Waals surface area contributed by atoms with Gasteiger partial charge in [-0.15, -0.1) is 0 Å². The number of ether oxygens (including phenoxy) is 1. The van der Waals surface area contributed by atoms with Gasteiger partial charge in [0.05, 0.1) is 7.11 Å². The first kappa shape index (κ1) is 14.0. The third kappa shape index (κ3) is 2.99. The van der Waals surface area contributed by atoms with Crippen molar-refractivity contribution in [2.24, 2.45) is 5.73 Å². The first-order valence-corrected chi connectivity index (χ1v) is 5.98. The molecule has 0 aliphatic carbocycles. The summed E-state index contributed by atoms with van der Waals surface area (Å²) < 4.78 is 5.29. The number of aliphatic hydroxyl groups is 1. The average molecular weight is 237 g/mol. The van der Waals surface area contributed by atoms with E-state index in [1.807, 2.05) is 26.0 Å². The minimum Gasteiger partial charge on any atom is -0.496 e. The van der Waals surface area contributed by atoms with Gasteiger partial charge in [-0.2, -0.15) is 0 Å². The molecule has 0 aliphatic rings. The molecule has 1 unspecified atom stereocenters. The van der Waals surface area contributed by atoms with Crippen LogP contribution in [0.3, 0.4) is 0 Å². The molecule has 1 rings (SSSR count). The maximum absolute atomic E-state index is 8.91. The number of hydrogen-bond acceptors (Lipinski definition) is 3. The number of methoxy groups -OCH3 is 1. The van der Waals surface area contributed by atoms with Gasteiger partial charge in [0.15, 0.2) is 0 Å². The molecule has 0 fully saturated rings. The Balaban J connectivity index is 3.10. The second kappa shape index (κ2) is 5.52. The molecular formula is C14H23NO2. The van der Waals surface area contributed by atoms with E-state index >= 15 is 0 Å².